The molecular formula is C16H20F3NO4. The van der Waals surface area contributed by atoms with Gasteiger partial charge in [-0.25, -0.2) is 0 Å². The normalized spacial score (nSPS) is 21.7. The van der Waals surface area contributed by atoms with Crippen LogP contribution >= 0.6 is 0 Å². The molecule has 0 aromatic heterocycles. The van der Waals surface area contributed by atoms with E-state index in [2.05, 4.69) is 4.74 Å². The van der Waals surface area contributed by atoms with Gasteiger partial charge in [-0.15, -0.1) is 0 Å². The van der Waals surface area contributed by atoms with Gasteiger partial charge in [0.05, 0.1) is 13.2 Å². The largest absolute Gasteiger partial charge is 0.484 e. The van der Waals surface area contributed by atoms with E-state index in [1.807, 2.05) is 4.90 Å². The number of carbonyl (C=O) groups is 1. The number of methoxy groups -OCH3 is 2. The van der Waals surface area contributed by atoms with Crippen molar-refractivity contribution in [1.29, 1.82) is 0 Å². The first kappa shape index (κ1) is 18.5. The summed E-state index contributed by atoms with van der Waals surface area (Å²) in [5.41, 5.74) is 0.861. The molecule has 0 saturated carbocycles. The highest BCUT2D eigenvalue weighted by Gasteiger charge is 2.37. The average molecular weight is 347 g/mol. The van der Waals surface area contributed by atoms with Gasteiger partial charge in [-0.1, -0.05) is 12.1 Å². The zero-order chi connectivity index (χ0) is 17.7. The lowest BCUT2D eigenvalue weighted by atomic mass is 10.1. The summed E-state index contributed by atoms with van der Waals surface area (Å²) in [4.78, 5) is 13.8. The molecule has 0 aliphatic carbocycles. The van der Waals surface area contributed by atoms with Crippen molar-refractivity contribution in [3.8, 4) is 5.75 Å². The molecular weight excluding hydrogens is 327 g/mol. The molecule has 2 atom stereocenters. The Hall–Kier alpha value is -1.80. The molecule has 1 aliphatic rings. The van der Waals surface area contributed by atoms with Crippen LogP contribution in [0.5, 0.6) is 5.75 Å². The fourth-order valence-electron chi connectivity index (χ4n) is 2.68. The molecule has 1 aromatic carbocycles. The molecule has 134 valence electrons. The SMILES string of the molecule is COC(=O)[C@H]1C[C@@H](OC)CN1Cc1ccc(OCC(F)(F)F)cc1. The average Bonchev–Trinajstić information content (AvgIpc) is 2.96. The van der Waals surface area contributed by atoms with E-state index in [0.29, 0.717) is 19.5 Å². The zero-order valence-corrected chi connectivity index (χ0v) is 13.5. The van der Waals surface area contributed by atoms with Crippen molar-refractivity contribution < 1.29 is 32.2 Å². The summed E-state index contributed by atoms with van der Waals surface area (Å²) in [6.07, 6.45) is -3.86. The first-order valence-electron chi connectivity index (χ1n) is 7.45. The Balaban J connectivity index is 1.97. The Morgan fingerprint density at radius 3 is 2.46 bits per heavy atom. The molecule has 5 nitrogen and oxygen atoms in total. The van der Waals surface area contributed by atoms with Crippen LogP contribution in [0, 0.1) is 0 Å². The van der Waals surface area contributed by atoms with Crippen LogP contribution in [0.4, 0.5) is 13.2 Å². The van der Waals surface area contributed by atoms with Gasteiger partial charge < -0.3 is 14.2 Å². The van der Waals surface area contributed by atoms with Gasteiger partial charge in [0.1, 0.15) is 11.8 Å². The second-order valence-electron chi connectivity index (χ2n) is 5.61. The molecule has 1 saturated heterocycles. The summed E-state index contributed by atoms with van der Waals surface area (Å²) >= 11 is 0. The third-order valence-corrected chi connectivity index (χ3v) is 3.88. The highest BCUT2D eigenvalue weighted by Crippen LogP contribution is 2.24. The minimum atomic E-state index is -4.36. The van der Waals surface area contributed by atoms with Gasteiger partial charge in [0.15, 0.2) is 6.61 Å². The lowest BCUT2D eigenvalue weighted by molar-refractivity contribution is -0.153. The van der Waals surface area contributed by atoms with Crippen molar-refractivity contribution in [3.63, 3.8) is 0 Å². The quantitative estimate of drug-likeness (QED) is 0.740. The van der Waals surface area contributed by atoms with Gasteiger partial charge in [0.2, 0.25) is 0 Å². The van der Waals surface area contributed by atoms with E-state index in [4.69, 9.17) is 9.47 Å². The molecule has 1 aromatic rings. The van der Waals surface area contributed by atoms with Crippen LogP contribution in [-0.4, -0.2) is 56.6 Å². The van der Waals surface area contributed by atoms with E-state index >= 15 is 0 Å². The van der Waals surface area contributed by atoms with Crippen molar-refractivity contribution in [2.24, 2.45) is 0 Å². The number of halogens is 3. The number of ether oxygens (including phenoxy) is 3. The molecule has 0 amide bonds. The highest BCUT2D eigenvalue weighted by atomic mass is 19.4. The van der Waals surface area contributed by atoms with Gasteiger partial charge in [0, 0.05) is 26.6 Å². The number of alkyl halides is 3. The van der Waals surface area contributed by atoms with E-state index in [0.717, 1.165) is 5.56 Å². The van der Waals surface area contributed by atoms with Crippen LogP contribution in [0.25, 0.3) is 0 Å². The summed E-state index contributed by atoms with van der Waals surface area (Å²) in [5, 5.41) is 0. The lowest BCUT2D eigenvalue weighted by Gasteiger charge is -2.22. The maximum absolute atomic E-state index is 12.1. The fourth-order valence-corrected chi connectivity index (χ4v) is 2.68. The number of nitrogens with zero attached hydrogens (tertiary/aromatic N) is 1. The highest BCUT2D eigenvalue weighted by molar-refractivity contribution is 5.76. The van der Waals surface area contributed by atoms with E-state index in [-0.39, 0.29) is 23.9 Å². The first-order chi connectivity index (χ1) is 11.3. The summed E-state index contributed by atoms with van der Waals surface area (Å²) in [7, 11) is 2.93. The van der Waals surface area contributed by atoms with Gasteiger partial charge in [-0.2, -0.15) is 13.2 Å². The Kier molecular flexibility index (Phi) is 6.06. The van der Waals surface area contributed by atoms with Gasteiger partial charge in [-0.05, 0) is 17.7 Å². The van der Waals surface area contributed by atoms with Crippen LogP contribution in [0.1, 0.15) is 12.0 Å². The number of carbonyl (C=O) groups excluding carboxylic acids is 1. The molecule has 24 heavy (non-hydrogen) atoms. The number of hydrogen-bond acceptors (Lipinski definition) is 5. The van der Waals surface area contributed by atoms with E-state index < -0.39 is 12.8 Å². The van der Waals surface area contributed by atoms with Crippen molar-refractivity contribution in [2.75, 3.05) is 27.4 Å². The second kappa shape index (κ2) is 7.85. The molecule has 0 unspecified atom stereocenters. The Labute approximate surface area is 138 Å². The third kappa shape index (κ3) is 5.10. The Morgan fingerprint density at radius 2 is 1.92 bits per heavy atom. The van der Waals surface area contributed by atoms with Gasteiger partial charge in [-0.3, -0.25) is 9.69 Å². The van der Waals surface area contributed by atoms with Crippen molar-refractivity contribution in [3.05, 3.63) is 29.8 Å². The molecule has 8 heteroatoms. The van der Waals surface area contributed by atoms with Crippen LogP contribution in [0.2, 0.25) is 0 Å². The number of hydrogen-bond donors (Lipinski definition) is 0. The smallest absolute Gasteiger partial charge is 0.422 e. The molecule has 0 N–H and O–H groups in total. The predicted octanol–water partition coefficient (Wildman–Crippen LogP) is 2.39. The summed E-state index contributed by atoms with van der Waals surface area (Å²) < 4.78 is 51.2. The number of benzene rings is 1. The second-order valence-corrected chi connectivity index (χ2v) is 5.61. The summed E-state index contributed by atoms with van der Waals surface area (Å²) in [6, 6.07) is 5.94. The van der Waals surface area contributed by atoms with Crippen LogP contribution in [0.3, 0.4) is 0 Å². The third-order valence-electron chi connectivity index (χ3n) is 3.88. The van der Waals surface area contributed by atoms with Crippen LogP contribution in [-0.2, 0) is 20.8 Å². The predicted molar refractivity (Wildman–Crippen MR) is 79.6 cm³/mol. The monoisotopic (exact) mass is 347 g/mol. The van der Waals surface area contributed by atoms with Crippen molar-refractivity contribution in [1.82, 2.24) is 4.90 Å². The van der Waals surface area contributed by atoms with E-state index in [1.54, 1.807) is 19.2 Å². The maximum atomic E-state index is 12.1. The fraction of sp³-hybridized carbons (Fsp3) is 0.562. The van der Waals surface area contributed by atoms with E-state index in [1.165, 1.54) is 19.2 Å². The van der Waals surface area contributed by atoms with Crippen molar-refractivity contribution in [2.45, 2.75) is 31.3 Å². The maximum Gasteiger partial charge on any atom is 0.422 e. The summed E-state index contributed by atoms with van der Waals surface area (Å²) in [6.45, 7) is -0.264. The number of likely N-dealkylation sites (tertiary alicyclic amines) is 1. The van der Waals surface area contributed by atoms with Crippen LogP contribution in [0.15, 0.2) is 24.3 Å². The van der Waals surface area contributed by atoms with Gasteiger partial charge in [0.25, 0.3) is 0 Å². The number of esters is 1. The first-order valence-corrected chi connectivity index (χ1v) is 7.45. The topological polar surface area (TPSA) is 48.0 Å². The minimum Gasteiger partial charge on any atom is -0.484 e. The number of rotatable bonds is 6. The van der Waals surface area contributed by atoms with Crippen molar-refractivity contribution >= 4 is 5.97 Å². The van der Waals surface area contributed by atoms with Crippen LogP contribution < -0.4 is 4.74 Å². The Bertz CT molecular complexity index is 547. The lowest BCUT2D eigenvalue weighted by Crippen LogP contribution is -2.36. The van der Waals surface area contributed by atoms with Gasteiger partial charge >= 0.3 is 12.1 Å². The Morgan fingerprint density at radius 1 is 1.25 bits per heavy atom. The standard InChI is InChI=1S/C16H20F3NO4/c1-22-13-7-14(15(21)23-2)20(9-13)8-11-3-5-12(6-4-11)24-10-16(17,18)19/h3-6,13-14H,7-10H2,1-2H3/t13-,14-/m1/s1. The molecule has 1 fully saturated rings. The minimum absolute atomic E-state index is 0.0523. The molecule has 0 spiro atoms. The molecule has 1 heterocycles. The zero-order valence-electron chi connectivity index (χ0n) is 13.5. The summed E-state index contributed by atoms with van der Waals surface area (Å²) in [5.74, 6) is -0.170. The molecule has 0 bridgehead atoms. The van der Waals surface area contributed by atoms with E-state index in [9.17, 15) is 18.0 Å². The molecule has 0 radical (unpaired) electrons. The molecule has 1 aliphatic heterocycles. The molecule has 2 rings (SSSR count).